The number of carbonyl (C=O) groups is 1. The Morgan fingerprint density at radius 1 is 1.54 bits per heavy atom. The van der Waals surface area contributed by atoms with Crippen molar-refractivity contribution < 1.29 is 4.79 Å². The lowest BCUT2D eigenvalue weighted by molar-refractivity contribution is -0.113. The van der Waals surface area contributed by atoms with Gasteiger partial charge in [-0.1, -0.05) is 17.7 Å². The topological polar surface area (TPSA) is 29.1 Å². The van der Waals surface area contributed by atoms with E-state index in [-0.39, 0.29) is 11.8 Å². The third kappa shape index (κ3) is 2.61. The van der Waals surface area contributed by atoms with Crippen molar-refractivity contribution in [1.82, 2.24) is 0 Å². The molecule has 13 heavy (non-hydrogen) atoms. The molecule has 0 atom stereocenters. The lowest BCUT2D eigenvalue weighted by atomic mass is 10.2. The standard InChI is InChI=1S/C9H9Cl2NO/c1-6-7(11)3-2-4-8(6)12-9(13)5-10/h2-4H,5H2,1H3,(H,12,13). The number of hydrogen-bond acceptors (Lipinski definition) is 1. The number of alkyl halides is 1. The van der Waals surface area contributed by atoms with Gasteiger partial charge in [0.15, 0.2) is 0 Å². The molecule has 0 aliphatic rings. The second-order valence-corrected chi connectivity index (χ2v) is 3.27. The Morgan fingerprint density at radius 2 is 2.23 bits per heavy atom. The van der Waals surface area contributed by atoms with Gasteiger partial charge < -0.3 is 5.32 Å². The maximum atomic E-state index is 11.0. The molecule has 0 saturated carbocycles. The fraction of sp³-hybridized carbons (Fsp3) is 0.222. The smallest absolute Gasteiger partial charge is 0.239 e. The first-order valence-electron chi connectivity index (χ1n) is 3.76. The monoisotopic (exact) mass is 217 g/mol. The summed E-state index contributed by atoms with van der Waals surface area (Å²) in [5.74, 6) is -0.279. The second-order valence-electron chi connectivity index (χ2n) is 2.59. The van der Waals surface area contributed by atoms with Crippen molar-refractivity contribution in [2.75, 3.05) is 11.2 Å². The molecule has 1 N–H and O–H groups in total. The van der Waals surface area contributed by atoms with Gasteiger partial charge in [0.2, 0.25) is 5.91 Å². The first-order valence-corrected chi connectivity index (χ1v) is 4.67. The summed E-state index contributed by atoms with van der Waals surface area (Å²) in [6, 6.07) is 5.33. The highest BCUT2D eigenvalue weighted by atomic mass is 35.5. The molecule has 1 aromatic rings. The predicted octanol–water partition coefficient (Wildman–Crippen LogP) is 2.83. The lowest BCUT2D eigenvalue weighted by Crippen LogP contribution is -2.13. The van der Waals surface area contributed by atoms with Gasteiger partial charge in [0.25, 0.3) is 0 Å². The highest BCUT2D eigenvalue weighted by Crippen LogP contribution is 2.22. The molecule has 70 valence electrons. The molecule has 0 unspecified atom stereocenters. The second kappa shape index (κ2) is 4.49. The van der Waals surface area contributed by atoms with Crippen LogP contribution in [0.3, 0.4) is 0 Å². The number of nitrogens with one attached hydrogen (secondary N) is 1. The molecule has 1 rings (SSSR count). The Kier molecular flexibility index (Phi) is 3.58. The van der Waals surface area contributed by atoms with Crippen molar-refractivity contribution in [3.05, 3.63) is 28.8 Å². The maximum Gasteiger partial charge on any atom is 0.239 e. The van der Waals surface area contributed by atoms with E-state index in [4.69, 9.17) is 23.2 Å². The van der Waals surface area contributed by atoms with Crippen molar-refractivity contribution in [2.45, 2.75) is 6.92 Å². The van der Waals surface area contributed by atoms with Crippen LogP contribution in [0.4, 0.5) is 5.69 Å². The quantitative estimate of drug-likeness (QED) is 0.759. The lowest BCUT2D eigenvalue weighted by Gasteiger charge is -2.07. The fourth-order valence-corrected chi connectivity index (χ4v) is 1.17. The minimum Gasteiger partial charge on any atom is -0.325 e. The Labute approximate surface area is 86.8 Å². The van der Waals surface area contributed by atoms with Crippen LogP contribution < -0.4 is 5.32 Å². The predicted molar refractivity (Wildman–Crippen MR) is 55.5 cm³/mol. The van der Waals surface area contributed by atoms with Crippen LogP contribution in [-0.4, -0.2) is 11.8 Å². The van der Waals surface area contributed by atoms with Gasteiger partial charge in [0.05, 0.1) is 0 Å². The molecule has 4 heteroatoms. The molecular weight excluding hydrogens is 209 g/mol. The zero-order chi connectivity index (χ0) is 9.84. The number of amides is 1. The third-order valence-electron chi connectivity index (χ3n) is 1.66. The van der Waals surface area contributed by atoms with Crippen molar-refractivity contribution in [3.8, 4) is 0 Å². The minimum atomic E-state index is -0.230. The average Bonchev–Trinajstić information content (AvgIpc) is 2.13. The van der Waals surface area contributed by atoms with Crippen LogP contribution in [0.25, 0.3) is 0 Å². The number of carbonyl (C=O) groups excluding carboxylic acids is 1. The molecule has 0 bridgehead atoms. The molecule has 0 saturated heterocycles. The molecule has 0 fully saturated rings. The fourth-order valence-electron chi connectivity index (χ4n) is 0.926. The number of anilines is 1. The highest BCUT2D eigenvalue weighted by Gasteiger charge is 2.04. The molecule has 1 aromatic carbocycles. The van der Waals surface area contributed by atoms with Crippen LogP contribution in [0.2, 0.25) is 5.02 Å². The van der Waals surface area contributed by atoms with E-state index in [1.807, 2.05) is 6.92 Å². The van der Waals surface area contributed by atoms with E-state index < -0.39 is 0 Å². The molecule has 0 spiro atoms. The molecule has 0 aliphatic carbocycles. The molecule has 0 aliphatic heterocycles. The minimum absolute atomic E-state index is 0.0496. The van der Waals surface area contributed by atoms with Crippen LogP contribution in [0, 0.1) is 6.92 Å². The Morgan fingerprint density at radius 3 is 2.85 bits per heavy atom. The van der Waals surface area contributed by atoms with Gasteiger partial charge in [-0.15, -0.1) is 11.6 Å². The summed E-state index contributed by atoms with van der Waals surface area (Å²) in [5.41, 5.74) is 1.56. The largest absolute Gasteiger partial charge is 0.325 e. The van der Waals surface area contributed by atoms with Crippen LogP contribution in [0.5, 0.6) is 0 Å². The summed E-state index contributed by atoms with van der Waals surface area (Å²) in [7, 11) is 0. The van der Waals surface area contributed by atoms with Crippen molar-refractivity contribution >= 4 is 34.8 Å². The third-order valence-corrected chi connectivity index (χ3v) is 2.32. The van der Waals surface area contributed by atoms with Gasteiger partial charge in [-0.25, -0.2) is 0 Å². The van der Waals surface area contributed by atoms with Crippen molar-refractivity contribution in [3.63, 3.8) is 0 Å². The summed E-state index contributed by atoms with van der Waals surface area (Å²) in [6.45, 7) is 1.84. The van der Waals surface area contributed by atoms with E-state index in [0.29, 0.717) is 10.7 Å². The average molecular weight is 218 g/mol. The first-order chi connectivity index (χ1) is 6.15. The van der Waals surface area contributed by atoms with Crippen molar-refractivity contribution in [1.29, 1.82) is 0 Å². The van der Waals surface area contributed by atoms with Gasteiger partial charge >= 0.3 is 0 Å². The summed E-state index contributed by atoms with van der Waals surface area (Å²) < 4.78 is 0. The van der Waals surface area contributed by atoms with E-state index in [9.17, 15) is 4.79 Å². The molecule has 1 amide bonds. The van der Waals surface area contributed by atoms with Gasteiger partial charge in [-0.2, -0.15) is 0 Å². The van der Waals surface area contributed by atoms with Crippen LogP contribution in [0.1, 0.15) is 5.56 Å². The molecule has 0 aromatic heterocycles. The van der Waals surface area contributed by atoms with Gasteiger partial charge in [0, 0.05) is 10.7 Å². The normalized spacial score (nSPS) is 9.77. The number of benzene rings is 1. The van der Waals surface area contributed by atoms with Gasteiger partial charge in [-0.3, -0.25) is 4.79 Å². The van der Waals surface area contributed by atoms with Crippen LogP contribution in [-0.2, 0) is 4.79 Å². The summed E-state index contributed by atoms with van der Waals surface area (Å²) in [4.78, 5) is 11.0. The molecule has 0 radical (unpaired) electrons. The Balaban J connectivity index is 2.89. The maximum absolute atomic E-state index is 11.0. The van der Waals surface area contributed by atoms with E-state index in [1.54, 1.807) is 18.2 Å². The molecular formula is C9H9Cl2NO. The van der Waals surface area contributed by atoms with Gasteiger partial charge in [0.1, 0.15) is 5.88 Å². The zero-order valence-corrected chi connectivity index (χ0v) is 8.62. The summed E-state index contributed by atoms with van der Waals surface area (Å²) in [5, 5.41) is 3.28. The van der Waals surface area contributed by atoms with Crippen molar-refractivity contribution in [2.24, 2.45) is 0 Å². The Hall–Kier alpha value is -0.730. The number of halogens is 2. The van der Waals surface area contributed by atoms with E-state index >= 15 is 0 Å². The number of rotatable bonds is 2. The Bertz CT molecular complexity index is 325. The first kappa shape index (κ1) is 10.4. The van der Waals surface area contributed by atoms with E-state index in [0.717, 1.165) is 5.56 Å². The SMILES string of the molecule is Cc1c(Cl)cccc1NC(=O)CCl. The highest BCUT2D eigenvalue weighted by molar-refractivity contribution is 6.32. The number of hydrogen-bond donors (Lipinski definition) is 1. The summed E-state index contributed by atoms with van der Waals surface area (Å²) in [6.07, 6.45) is 0. The zero-order valence-electron chi connectivity index (χ0n) is 7.10. The van der Waals surface area contributed by atoms with E-state index in [1.165, 1.54) is 0 Å². The van der Waals surface area contributed by atoms with Crippen LogP contribution in [0.15, 0.2) is 18.2 Å². The molecule has 2 nitrogen and oxygen atoms in total. The van der Waals surface area contributed by atoms with Gasteiger partial charge in [-0.05, 0) is 24.6 Å². The van der Waals surface area contributed by atoms with E-state index in [2.05, 4.69) is 5.32 Å². The summed E-state index contributed by atoms with van der Waals surface area (Å²) >= 11 is 11.2. The molecule has 0 heterocycles. The van der Waals surface area contributed by atoms with Crippen LogP contribution >= 0.6 is 23.2 Å².